The first kappa shape index (κ1) is 12.8. The minimum atomic E-state index is -0.435. The lowest BCUT2D eigenvalue weighted by Gasteiger charge is -2.09. The molecule has 0 fully saturated rings. The molecule has 0 radical (unpaired) electrons. The van der Waals surface area contributed by atoms with Crippen molar-refractivity contribution >= 4 is 5.69 Å². The third kappa shape index (κ3) is 3.19. The van der Waals surface area contributed by atoms with Crippen molar-refractivity contribution in [2.75, 3.05) is 0 Å². The molecular formula is C15H13NO3. The van der Waals surface area contributed by atoms with Crippen LogP contribution in [0.5, 0.6) is 11.5 Å². The third-order valence-corrected chi connectivity index (χ3v) is 2.61. The Balaban J connectivity index is 2.21. The van der Waals surface area contributed by atoms with E-state index in [1.54, 1.807) is 18.2 Å². The summed E-state index contributed by atoms with van der Waals surface area (Å²) in [5.74, 6) is 1.30. The molecular weight excluding hydrogens is 242 g/mol. The van der Waals surface area contributed by atoms with Gasteiger partial charge in [0.05, 0.1) is 4.92 Å². The second kappa shape index (κ2) is 5.82. The molecule has 4 heteroatoms. The molecule has 0 N–H and O–H groups in total. The van der Waals surface area contributed by atoms with Crippen LogP contribution in [0.2, 0.25) is 0 Å². The summed E-state index contributed by atoms with van der Waals surface area (Å²) < 4.78 is 5.73. The fourth-order valence-corrected chi connectivity index (χ4v) is 1.69. The summed E-state index contributed by atoms with van der Waals surface area (Å²) in [7, 11) is 0. The highest BCUT2D eigenvalue weighted by Crippen LogP contribution is 2.27. The number of ether oxygens (including phenoxy) is 1. The Kier molecular flexibility index (Phi) is 3.93. The second-order valence-corrected chi connectivity index (χ2v) is 3.95. The second-order valence-electron chi connectivity index (χ2n) is 3.95. The smallest absolute Gasteiger partial charge is 0.269 e. The lowest BCUT2D eigenvalue weighted by molar-refractivity contribution is -0.384. The molecule has 0 saturated carbocycles. The van der Waals surface area contributed by atoms with Gasteiger partial charge in [-0.3, -0.25) is 10.1 Å². The van der Waals surface area contributed by atoms with Gasteiger partial charge in [-0.1, -0.05) is 24.3 Å². The first-order valence-electron chi connectivity index (χ1n) is 5.82. The van der Waals surface area contributed by atoms with Crippen LogP contribution in [-0.4, -0.2) is 4.92 Å². The van der Waals surface area contributed by atoms with Crippen LogP contribution in [0.1, 0.15) is 5.56 Å². The quantitative estimate of drug-likeness (QED) is 0.459. The fourth-order valence-electron chi connectivity index (χ4n) is 1.69. The summed E-state index contributed by atoms with van der Waals surface area (Å²) in [6.45, 7) is 3.70. The molecule has 2 aromatic rings. The SMILES string of the molecule is C=CCc1ccccc1Oc1ccc([N+](=O)[O-])cc1. The van der Waals surface area contributed by atoms with Crippen LogP contribution >= 0.6 is 0 Å². The topological polar surface area (TPSA) is 52.4 Å². The normalized spacial score (nSPS) is 9.89. The van der Waals surface area contributed by atoms with Gasteiger partial charge in [-0.05, 0) is 30.2 Å². The van der Waals surface area contributed by atoms with E-state index in [2.05, 4.69) is 6.58 Å². The molecule has 0 amide bonds. The van der Waals surface area contributed by atoms with Gasteiger partial charge in [-0.15, -0.1) is 6.58 Å². The average molecular weight is 255 g/mol. The number of para-hydroxylation sites is 1. The van der Waals surface area contributed by atoms with E-state index in [-0.39, 0.29) is 5.69 Å². The molecule has 0 aliphatic rings. The zero-order valence-electron chi connectivity index (χ0n) is 10.3. The molecule has 19 heavy (non-hydrogen) atoms. The summed E-state index contributed by atoms with van der Waals surface area (Å²) in [5, 5.41) is 10.6. The van der Waals surface area contributed by atoms with Crippen LogP contribution in [0.25, 0.3) is 0 Å². The van der Waals surface area contributed by atoms with Crippen LogP contribution in [0, 0.1) is 10.1 Å². The van der Waals surface area contributed by atoms with Crippen molar-refractivity contribution in [1.29, 1.82) is 0 Å². The maximum absolute atomic E-state index is 10.6. The largest absolute Gasteiger partial charge is 0.457 e. The van der Waals surface area contributed by atoms with E-state index in [9.17, 15) is 10.1 Å². The molecule has 2 aromatic carbocycles. The Morgan fingerprint density at radius 2 is 1.84 bits per heavy atom. The number of allylic oxidation sites excluding steroid dienone is 1. The predicted molar refractivity (Wildman–Crippen MR) is 73.5 cm³/mol. The minimum absolute atomic E-state index is 0.0479. The number of non-ortho nitro benzene ring substituents is 1. The van der Waals surface area contributed by atoms with Gasteiger partial charge in [-0.25, -0.2) is 0 Å². The molecule has 2 rings (SSSR count). The maximum Gasteiger partial charge on any atom is 0.269 e. The van der Waals surface area contributed by atoms with Crippen molar-refractivity contribution in [2.24, 2.45) is 0 Å². The standard InChI is InChI=1S/C15H13NO3/c1-2-5-12-6-3-4-7-15(12)19-14-10-8-13(9-11-14)16(17)18/h2-4,6-11H,1,5H2. The van der Waals surface area contributed by atoms with E-state index in [1.165, 1.54) is 12.1 Å². The van der Waals surface area contributed by atoms with E-state index in [4.69, 9.17) is 4.74 Å². The Morgan fingerprint density at radius 3 is 2.47 bits per heavy atom. The Labute approximate surface area is 111 Å². The van der Waals surface area contributed by atoms with Crippen molar-refractivity contribution in [3.63, 3.8) is 0 Å². The predicted octanol–water partition coefficient (Wildman–Crippen LogP) is 4.12. The molecule has 0 heterocycles. The Hall–Kier alpha value is -2.62. The monoisotopic (exact) mass is 255 g/mol. The van der Waals surface area contributed by atoms with Gasteiger partial charge < -0.3 is 4.74 Å². The van der Waals surface area contributed by atoms with Gasteiger partial charge in [0.1, 0.15) is 11.5 Å². The number of benzene rings is 2. The van der Waals surface area contributed by atoms with Gasteiger partial charge in [-0.2, -0.15) is 0 Å². The number of nitro benzene ring substituents is 1. The van der Waals surface area contributed by atoms with Crippen molar-refractivity contribution in [3.05, 3.63) is 76.9 Å². The van der Waals surface area contributed by atoms with Crippen molar-refractivity contribution in [2.45, 2.75) is 6.42 Å². The molecule has 0 unspecified atom stereocenters. The van der Waals surface area contributed by atoms with Crippen LogP contribution in [0.3, 0.4) is 0 Å². The highest BCUT2D eigenvalue weighted by molar-refractivity contribution is 5.41. The van der Waals surface area contributed by atoms with E-state index < -0.39 is 4.92 Å². The molecule has 0 aromatic heterocycles. The van der Waals surface area contributed by atoms with Gasteiger partial charge in [0, 0.05) is 12.1 Å². The number of rotatable bonds is 5. The lowest BCUT2D eigenvalue weighted by Crippen LogP contribution is -1.91. The van der Waals surface area contributed by atoms with E-state index in [0.29, 0.717) is 12.2 Å². The molecule has 0 spiro atoms. The highest BCUT2D eigenvalue weighted by atomic mass is 16.6. The van der Waals surface area contributed by atoms with Crippen LogP contribution in [0.4, 0.5) is 5.69 Å². The molecule has 0 atom stereocenters. The number of nitrogens with zero attached hydrogens (tertiary/aromatic N) is 1. The van der Waals surface area contributed by atoms with Crippen molar-refractivity contribution < 1.29 is 9.66 Å². The van der Waals surface area contributed by atoms with Crippen molar-refractivity contribution in [3.8, 4) is 11.5 Å². The van der Waals surface area contributed by atoms with E-state index >= 15 is 0 Å². The average Bonchev–Trinajstić information content (AvgIpc) is 2.42. The molecule has 0 aliphatic carbocycles. The summed E-state index contributed by atoms with van der Waals surface area (Å²) >= 11 is 0. The zero-order chi connectivity index (χ0) is 13.7. The van der Waals surface area contributed by atoms with Crippen LogP contribution in [-0.2, 0) is 6.42 Å². The van der Waals surface area contributed by atoms with Gasteiger partial charge in [0.15, 0.2) is 0 Å². The minimum Gasteiger partial charge on any atom is -0.457 e. The molecule has 0 bridgehead atoms. The van der Waals surface area contributed by atoms with Gasteiger partial charge in [0.25, 0.3) is 5.69 Å². The highest BCUT2D eigenvalue weighted by Gasteiger charge is 2.06. The third-order valence-electron chi connectivity index (χ3n) is 2.61. The molecule has 4 nitrogen and oxygen atoms in total. The number of hydrogen-bond acceptors (Lipinski definition) is 3. The van der Waals surface area contributed by atoms with Crippen LogP contribution in [0.15, 0.2) is 61.2 Å². The fraction of sp³-hybridized carbons (Fsp3) is 0.0667. The summed E-state index contributed by atoms with van der Waals surface area (Å²) in [4.78, 5) is 10.1. The maximum atomic E-state index is 10.6. The molecule has 0 aliphatic heterocycles. The summed E-state index contributed by atoms with van der Waals surface area (Å²) in [5.41, 5.74) is 1.07. The molecule has 0 saturated heterocycles. The van der Waals surface area contributed by atoms with Crippen LogP contribution < -0.4 is 4.74 Å². The Morgan fingerprint density at radius 1 is 1.16 bits per heavy atom. The lowest BCUT2D eigenvalue weighted by atomic mass is 10.1. The molecule has 96 valence electrons. The Bertz CT molecular complexity index is 591. The number of nitro groups is 1. The van der Waals surface area contributed by atoms with Gasteiger partial charge in [0.2, 0.25) is 0 Å². The van der Waals surface area contributed by atoms with E-state index in [0.717, 1.165) is 11.3 Å². The van der Waals surface area contributed by atoms with E-state index in [1.807, 2.05) is 24.3 Å². The van der Waals surface area contributed by atoms with Crippen molar-refractivity contribution in [1.82, 2.24) is 0 Å². The van der Waals surface area contributed by atoms with Gasteiger partial charge >= 0.3 is 0 Å². The number of hydrogen-bond donors (Lipinski definition) is 0. The first-order chi connectivity index (χ1) is 9.20. The summed E-state index contributed by atoms with van der Waals surface area (Å²) in [6.07, 6.45) is 2.52. The first-order valence-corrected chi connectivity index (χ1v) is 5.82. The summed E-state index contributed by atoms with van der Waals surface area (Å²) in [6, 6.07) is 13.7. The zero-order valence-corrected chi connectivity index (χ0v) is 10.3.